The summed E-state index contributed by atoms with van der Waals surface area (Å²) < 4.78 is 28.4. The minimum atomic E-state index is -3.38. The van der Waals surface area contributed by atoms with Crippen molar-refractivity contribution < 1.29 is 13.5 Å². The molecule has 0 amide bonds. The molecule has 0 aromatic rings. The molecule has 1 heterocycles. The minimum absolute atomic E-state index is 0.00880. The number of aliphatic hydroxyl groups excluding tert-OH is 1. The molecular formula is C11H24N2O3S. The maximum atomic E-state index is 12.1. The zero-order valence-corrected chi connectivity index (χ0v) is 11.5. The van der Waals surface area contributed by atoms with Gasteiger partial charge in [-0.1, -0.05) is 13.8 Å². The lowest BCUT2D eigenvalue weighted by molar-refractivity contribution is 0.164. The van der Waals surface area contributed by atoms with E-state index in [1.165, 1.54) is 4.31 Å². The molecule has 102 valence electrons. The highest BCUT2D eigenvalue weighted by Gasteiger charge is 2.29. The number of hydrogen-bond donors (Lipinski definition) is 2. The molecule has 0 aliphatic carbocycles. The Labute approximate surface area is 104 Å². The molecule has 17 heavy (non-hydrogen) atoms. The van der Waals surface area contributed by atoms with Crippen LogP contribution in [0.5, 0.6) is 0 Å². The Morgan fingerprint density at radius 3 is 2.59 bits per heavy atom. The molecule has 5 nitrogen and oxygen atoms in total. The highest BCUT2D eigenvalue weighted by Crippen LogP contribution is 2.18. The molecule has 1 atom stereocenters. The molecule has 0 radical (unpaired) electrons. The minimum Gasteiger partial charge on any atom is -0.396 e. The Morgan fingerprint density at radius 1 is 1.41 bits per heavy atom. The van der Waals surface area contributed by atoms with E-state index in [1.807, 2.05) is 13.8 Å². The van der Waals surface area contributed by atoms with E-state index in [0.717, 1.165) is 25.7 Å². The van der Waals surface area contributed by atoms with Crippen molar-refractivity contribution in [3.63, 3.8) is 0 Å². The fraction of sp³-hybridized carbons (Fsp3) is 1.00. The van der Waals surface area contributed by atoms with Crippen LogP contribution in [0.2, 0.25) is 0 Å². The zero-order chi connectivity index (χ0) is 12.9. The van der Waals surface area contributed by atoms with Crippen LogP contribution in [0.25, 0.3) is 0 Å². The normalized spacial score (nSPS) is 23.2. The van der Waals surface area contributed by atoms with Crippen LogP contribution in [-0.4, -0.2) is 43.6 Å². The van der Waals surface area contributed by atoms with Crippen molar-refractivity contribution in [3.8, 4) is 0 Å². The molecule has 1 fully saturated rings. The highest BCUT2D eigenvalue weighted by molar-refractivity contribution is 7.87. The quantitative estimate of drug-likeness (QED) is 0.742. The third-order valence-electron chi connectivity index (χ3n) is 3.38. The molecule has 1 aliphatic rings. The van der Waals surface area contributed by atoms with E-state index < -0.39 is 10.2 Å². The van der Waals surface area contributed by atoms with Crippen molar-refractivity contribution in [2.75, 3.05) is 19.7 Å². The Balaban J connectivity index is 2.63. The average molecular weight is 264 g/mol. The summed E-state index contributed by atoms with van der Waals surface area (Å²) in [6.45, 7) is 5.02. The van der Waals surface area contributed by atoms with E-state index in [1.54, 1.807) is 0 Å². The van der Waals surface area contributed by atoms with Crippen LogP contribution in [0.4, 0.5) is 0 Å². The standard InChI is InChI=1S/C11H24N2O3S/c1-3-11(4-2)12-17(15,16)13-7-5-6-10(8-13)9-14/h10-12,14H,3-9H2,1-2H3. The average Bonchev–Trinajstić information content (AvgIpc) is 2.36. The first-order valence-electron chi connectivity index (χ1n) is 6.41. The lowest BCUT2D eigenvalue weighted by Crippen LogP contribution is -2.49. The first kappa shape index (κ1) is 14.9. The van der Waals surface area contributed by atoms with E-state index in [9.17, 15) is 8.42 Å². The molecule has 6 heteroatoms. The van der Waals surface area contributed by atoms with Gasteiger partial charge in [-0.3, -0.25) is 0 Å². The summed E-state index contributed by atoms with van der Waals surface area (Å²) in [6.07, 6.45) is 3.34. The lowest BCUT2D eigenvalue weighted by Gasteiger charge is -2.32. The fourth-order valence-corrected chi connectivity index (χ4v) is 3.81. The second kappa shape index (κ2) is 6.68. The van der Waals surface area contributed by atoms with Crippen LogP contribution < -0.4 is 4.72 Å². The Hall–Kier alpha value is -0.170. The van der Waals surface area contributed by atoms with Gasteiger partial charge >= 0.3 is 0 Å². The van der Waals surface area contributed by atoms with Crippen molar-refractivity contribution >= 4 is 10.2 Å². The number of aliphatic hydroxyl groups is 1. The predicted octanol–water partition coefficient (Wildman–Crippen LogP) is 0.714. The molecule has 0 aromatic carbocycles. The first-order chi connectivity index (χ1) is 8.03. The van der Waals surface area contributed by atoms with Crippen molar-refractivity contribution in [1.82, 2.24) is 9.03 Å². The Bertz CT molecular complexity index is 315. The monoisotopic (exact) mass is 264 g/mol. The maximum Gasteiger partial charge on any atom is 0.279 e. The first-order valence-corrected chi connectivity index (χ1v) is 7.85. The van der Waals surface area contributed by atoms with Gasteiger partial charge in [0, 0.05) is 25.7 Å². The largest absolute Gasteiger partial charge is 0.396 e. The van der Waals surface area contributed by atoms with Gasteiger partial charge < -0.3 is 5.11 Å². The van der Waals surface area contributed by atoms with E-state index in [0.29, 0.717) is 13.1 Å². The van der Waals surface area contributed by atoms with Gasteiger partial charge in [0.25, 0.3) is 10.2 Å². The molecule has 1 rings (SSSR count). The van der Waals surface area contributed by atoms with Gasteiger partial charge in [-0.25, -0.2) is 0 Å². The number of nitrogens with one attached hydrogen (secondary N) is 1. The summed E-state index contributed by atoms with van der Waals surface area (Å²) in [6, 6.07) is 0.00880. The van der Waals surface area contributed by atoms with Gasteiger partial charge in [-0.05, 0) is 31.6 Å². The fourth-order valence-electron chi connectivity index (χ4n) is 2.13. The molecule has 0 saturated carbocycles. The molecule has 1 aliphatic heterocycles. The molecule has 0 spiro atoms. The molecule has 0 bridgehead atoms. The van der Waals surface area contributed by atoms with Crippen LogP contribution in [-0.2, 0) is 10.2 Å². The summed E-state index contributed by atoms with van der Waals surface area (Å²) in [5.74, 6) is 0.0852. The smallest absolute Gasteiger partial charge is 0.279 e. The second-order valence-corrected chi connectivity index (χ2v) is 6.39. The molecular weight excluding hydrogens is 240 g/mol. The second-order valence-electron chi connectivity index (χ2n) is 4.69. The van der Waals surface area contributed by atoms with Crippen LogP contribution >= 0.6 is 0 Å². The summed E-state index contributed by atoms with van der Waals surface area (Å²) in [4.78, 5) is 0. The predicted molar refractivity (Wildman–Crippen MR) is 67.8 cm³/mol. The highest BCUT2D eigenvalue weighted by atomic mass is 32.2. The van der Waals surface area contributed by atoms with Gasteiger partial charge in [0.05, 0.1) is 0 Å². The van der Waals surface area contributed by atoms with E-state index in [-0.39, 0.29) is 18.6 Å². The number of nitrogens with zero attached hydrogens (tertiary/aromatic N) is 1. The number of piperidine rings is 1. The van der Waals surface area contributed by atoms with Crippen LogP contribution in [0.3, 0.4) is 0 Å². The Morgan fingerprint density at radius 2 is 2.06 bits per heavy atom. The van der Waals surface area contributed by atoms with E-state index in [4.69, 9.17) is 5.11 Å². The van der Waals surface area contributed by atoms with Crippen molar-refractivity contribution in [2.45, 2.75) is 45.6 Å². The number of hydrogen-bond acceptors (Lipinski definition) is 3. The topological polar surface area (TPSA) is 69.6 Å². The van der Waals surface area contributed by atoms with Crippen LogP contribution in [0.1, 0.15) is 39.5 Å². The SMILES string of the molecule is CCC(CC)NS(=O)(=O)N1CCCC(CO)C1. The third-order valence-corrected chi connectivity index (χ3v) is 5.02. The summed E-state index contributed by atoms with van der Waals surface area (Å²) in [5.41, 5.74) is 0. The number of rotatable bonds is 6. The summed E-state index contributed by atoms with van der Waals surface area (Å²) in [5, 5.41) is 9.11. The van der Waals surface area contributed by atoms with Crippen LogP contribution in [0, 0.1) is 5.92 Å². The molecule has 1 unspecified atom stereocenters. The van der Waals surface area contributed by atoms with Crippen molar-refractivity contribution in [3.05, 3.63) is 0 Å². The summed E-state index contributed by atoms with van der Waals surface area (Å²) >= 11 is 0. The van der Waals surface area contributed by atoms with Gasteiger partial charge in [0.15, 0.2) is 0 Å². The van der Waals surface area contributed by atoms with E-state index >= 15 is 0 Å². The van der Waals surface area contributed by atoms with Crippen LogP contribution in [0.15, 0.2) is 0 Å². The Kier molecular flexibility index (Phi) is 5.85. The summed E-state index contributed by atoms with van der Waals surface area (Å²) in [7, 11) is -3.38. The zero-order valence-electron chi connectivity index (χ0n) is 10.7. The lowest BCUT2D eigenvalue weighted by atomic mass is 10.0. The molecule has 0 aromatic heterocycles. The molecule has 2 N–H and O–H groups in total. The van der Waals surface area contributed by atoms with Gasteiger partial charge in [-0.15, -0.1) is 0 Å². The molecule has 1 saturated heterocycles. The van der Waals surface area contributed by atoms with E-state index in [2.05, 4.69) is 4.72 Å². The van der Waals surface area contributed by atoms with Gasteiger partial charge in [0.1, 0.15) is 0 Å². The van der Waals surface area contributed by atoms with Crippen molar-refractivity contribution in [2.24, 2.45) is 5.92 Å². The maximum absolute atomic E-state index is 12.1. The van der Waals surface area contributed by atoms with Crippen molar-refractivity contribution in [1.29, 1.82) is 0 Å². The van der Waals surface area contributed by atoms with Gasteiger partial charge in [-0.2, -0.15) is 17.4 Å². The van der Waals surface area contributed by atoms with Gasteiger partial charge in [0.2, 0.25) is 0 Å². The third kappa shape index (κ3) is 4.21.